The lowest BCUT2D eigenvalue weighted by molar-refractivity contribution is -0.0987. The first-order valence-electron chi connectivity index (χ1n) is 8.59. The topological polar surface area (TPSA) is 121 Å². The van der Waals surface area contributed by atoms with Crippen LogP contribution >= 0.6 is 11.6 Å². The van der Waals surface area contributed by atoms with Crippen LogP contribution in [0.25, 0.3) is 0 Å². The molecule has 2 aromatic heterocycles. The molecule has 0 amide bonds. The van der Waals surface area contributed by atoms with Crippen LogP contribution in [0.2, 0.25) is 5.15 Å². The van der Waals surface area contributed by atoms with Crippen molar-refractivity contribution in [2.24, 2.45) is 0 Å². The molecule has 0 spiro atoms. The van der Waals surface area contributed by atoms with Gasteiger partial charge in [0.25, 0.3) is 0 Å². The smallest absolute Gasteiger partial charge is 0.223 e. The minimum Gasteiger partial charge on any atom is -0.496 e. The molecule has 0 saturated heterocycles. The van der Waals surface area contributed by atoms with Crippen molar-refractivity contribution in [1.82, 2.24) is 15.0 Å². The predicted molar refractivity (Wildman–Crippen MR) is 112 cm³/mol. The summed E-state index contributed by atoms with van der Waals surface area (Å²) in [4.78, 5) is 31.2. The van der Waals surface area contributed by atoms with E-state index in [9.17, 15) is 0 Å². The number of aryl methyl sites for hydroxylation is 1. The van der Waals surface area contributed by atoms with Crippen LogP contribution in [0.1, 0.15) is 28.3 Å². The molecule has 1 atom stereocenters. The number of methoxy groups -OCH3 is 2. The third kappa shape index (κ3) is 5.18. The third-order valence-electron chi connectivity index (χ3n) is 4.50. The highest BCUT2D eigenvalue weighted by Crippen LogP contribution is 2.40. The van der Waals surface area contributed by atoms with Gasteiger partial charge >= 0.3 is 0 Å². The molecule has 0 radical (unpaired) electrons. The average molecular weight is 424 g/mol. The Morgan fingerprint density at radius 2 is 1.90 bits per heavy atom. The molecule has 0 aromatic carbocycles. The molecule has 2 N–H and O–H groups in total. The number of anilines is 2. The summed E-state index contributed by atoms with van der Waals surface area (Å²) in [5.74, 6) is 1.87. The Kier molecular flexibility index (Phi) is 9.43. The summed E-state index contributed by atoms with van der Waals surface area (Å²) in [6.45, 7) is 9.84. The molecule has 29 heavy (non-hydrogen) atoms. The van der Waals surface area contributed by atoms with Gasteiger partial charge in [-0.3, -0.25) is 4.98 Å². The number of carbonyl (C=O) groups excluding carboxylic acids is 2. The van der Waals surface area contributed by atoms with E-state index in [2.05, 4.69) is 19.9 Å². The van der Waals surface area contributed by atoms with Crippen LogP contribution in [0.3, 0.4) is 0 Å². The first-order chi connectivity index (χ1) is 14.0. The largest absolute Gasteiger partial charge is 0.496 e. The minimum atomic E-state index is 0.0979. The molecule has 3 rings (SSSR count). The summed E-state index contributed by atoms with van der Waals surface area (Å²) in [6.07, 6.45) is 1.83. The normalized spacial score (nSPS) is 14.2. The van der Waals surface area contributed by atoms with Gasteiger partial charge in [-0.25, -0.2) is 4.98 Å². The Morgan fingerprint density at radius 3 is 2.48 bits per heavy atom. The number of ether oxygens (including phenoxy) is 2. The van der Waals surface area contributed by atoms with Crippen LogP contribution < -0.4 is 15.4 Å². The van der Waals surface area contributed by atoms with E-state index >= 15 is 0 Å². The average Bonchev–Trinajstić information content (AvgIpc) is 3.05. The lowest BCUT2D eigenvalue weighted by Gasteiger charge is -2.21. The van der Waals surface area contributed by atoms with E-state index in [0.717, 1.165) is 40.5 Å². The first-order valence-corrected chi connectivity index (χ1v) is 8.97. The molecule has 0 aliphatic carbocycles. The van der Waals surface area contributed by atoms with Crippen LogP contribution in [-0.4, -0.2) is 55.9 Å². The van der Waals surface area contributed by atoms with Crippen molar-refractivity contribution >= 4 is 36.9 Å². The molecular formula is C19H26ClN5O4. The number of fused-ring (bicyclic) bond motifs is 1. The van der Waals surface area contributed by atoms with Crippen molar-refractivity contribution in [3.8, 4) is 5.75 Å². The standard InChI is InChI=1S/C17H22ClN5O2.2CH2O/c1-9-5-20-12(10(2)14(9)25-4)7-23-6-11(8-24-3)13-15(18)21-17(19)22-16(13)23;2*1-2/h5,11H,6-8H2,1-4H3,(H2,19,21,22);2*1H2. The lowest BCUT2D eigenvalue weighted by Crippen LogP contribution is -2.24. The number of halogens is 1. The molecule has 0 fully saturated rings. The minimum absolute atomic E-state index is 0.0979. The SMILES string of the molecule is C=O.C=O.COCC1CN(Cc2ncc(C)c(OC)c2C)c2nc(N)nc(Cl)c21. The fourth-order valence-electron chi connectivity index (χ4n) is 3.37. The number of hydrogen-bond donors (Lipinski definition) is 1. The van der Waals surface area contributed by atoms with Crippen LogP contribution in [0.4, 0.5) is 11.8 Å². The number of rotatable bonds is 5. The fraction of sp³-hybridized carbons (Fsp3) is 0.421. The second kappa shape index (κ2) is 11.3. The Bertz CT molecular complexity index is 835. The van der Waals surface area contributed by atoms with Crippen LogP contribution in [-0.2, 0) is 20.9 Å². The molecule has 2 aromatic rings. The van der Waals surface area contributed by atoms with E-state index in [-0.39, 0.29) is 11.9 Å². The van der Waals surface area contributed by atoms with Gasteiger partial charge in [0.2, 0.25) is 5.95 Å². The van der Waals surface area contributed by atoms with Gasteiger partial charge in [0.05, 0.1) is 26.0 Å². The zero-order valence-corrected chi connectivity index (χ0v) is 17.8. The summed E-state index contributed by atoms with van der Waals surface area (Å²) < 4.78 is 10.8. The zero-order valence-electron chi connectivity index (χ0n) is 17.1. The highest BCUT2D eigenvalue weighted by atomic mass is 35.5. The second-order valence-electron chi connectivity index (χ2n) is 6.19. The maximum atomic E-state index is 8.00. The molecule has 10 heteroatoms. The Balaban J connectivity index is 0.000000989. The van der Waals surface area contributed by atoms with Crippen molar-refractivity contribution < 1.29 is 19.1 Å². The molecular weight excluding hydrogens is 398 g/mol. The lowest BCUT2D eigenvalue weighted by atomic mass is 10.1. The predicted octanol–water partition coefficient (Wildman–Crippen LogP) is 2.11. The van der Waals surface area contributed by atoms with E-state index in [0.29, 0.717) is 18.3 Å². The van der Waals surface area contributed by atoms with Crippen LogP contribution in [0, 0.1) is 13.8 Å². The van der Waals surface area contributed by atoms with Gasteiger partial charge in [-0.1, -0.05) is 11.6 Å². The van der Waals surface area contributed by atoms with Crippen molar-refractivity contribution in [2.45, 2.75) is 26.3 Å². The summed E-state index contributed by atoms with van der Waals surface area (Å²) in [5, 5.41) is 0.387. The van der Waals surface area contributed by atoms with Gasteiger partial charge in [0, 0.05) is 42.5 Å². The first kappa shape index (κ1) is 24.3. The Labute approximate surface area is 175 Å². The molecule has 0 bridgehead atoms. The number of pyridine rings is 1. The van der Waals surface area contributed by atoms with Crippen LogP contribution in [0.5, 0.6) is 5.75 Å². The van der Waals surface area contributed by atoms with E-state index in [1.165, 1.54) is 0 Å². The Hall–Kier alpha value is -2.78. The Morgan fingerprint density at radius 1 is 1.24 bits per heavy atom. The number of nitrogen functional groups attached to an aromatic ring is 1. The van der Waals surface area contributed by atoms with Gasteiger partial charge in [-0.15, -0.1) is 0 Å². The highest BCUT2D eigenvalue weighted by Gasteiger charge is 2.34. The van der Waals surface area contributed by atoms with Crippen molar-refractivity contribution in [3.05, 3.63) is 33.7 Å². The van der Waals surface area contributed by atoms with Crippen molar-refractivity contribution in [1.29, 1.82) is 0 Å². The molecule has 3 heterocycles. The van der Waals surface area contributed by atoms with E-state index in [1.807, 2.05) is 33.6 Å². The maximum absolute atomic E-state index is 8.00. The third-order valence-corrected chi connectivity index (χ3v) is 4.79. The quantitative estimate of drug-likeness (QED) is 0.720. The number of hydrogen-bond acceptors (Lipinski definition) is 9. The zero-order chi connectivity index (χ0) is 22.1. The van der Waals surface area contributed by atoms with Gasteiger partial charge in [0.15, 0.2) is 0 Å². The summed E-state index contributed by atoms with van der Waals surface area (Å²) in [7, 11) is 3.34. The van der Waals surface area contributed by atoms with E-state index in [1.54, 1.807) is 14.2 Å². The van der Waals surface area contributed by atoms with Gasteiger partial charge < -0.3 is 29.7 Å². The summed E-state index contributed by atoms with van der Waals surface area (Å²) in [6, 6.07) is 0. The van der Waals surface area contributed by atoms with Gasteiger partial charge in [0.1, 0.15) is 30.3 Å². The molecule has 1 aliphatic rings. The molecule has 9 nitrogen and oxygen atoms in total. The second-order valence-corrected chi connectivity index (χ2v) is 6.55. The van der Waals surface area contributed by atoms with Crippen molar-refractivity contribution in [2.75, 3.05) is 38.0 Å². The molecule has 0 saturated carbocycles. The highest BCUT2D eigenvalue weighted by molar-refractivity contribution is 6.30. The molecule has 1 unspecified atom stereocenters. The fourth-order valence-corrected chi connectivity index (χ4v) is 3.70. The summed E-state index contributed by atoms with van der Waals surface area (Å²) in [5.41, 5.74) is 9.65. The van der Waals surface area contributed by atoms with E-state index < -0.39 is 0 Å². The number of nitrogens with zero attached hydrogens (tertiary/aromatic N) is 4. The number of aromatic nitrogens is 3. The summed E-state index contributed by atoms with van der Waals surface area (Å²) >= 11 is 6.32. The molecule has 1 aliphatic heterocycles. The van der Waals surface area contributed by atoms with Crippen LogP contribution in [0.15, 0.2) is 6.20 Å². The number of carbonyl (C=O) groups is 2. The van der Waals surface area contributed by atoms with E-state index in [4.69, 9.17) is 36.4 Å². The monoisotopic (exact) mass is 423 g/mol. The number of nitrogens with two attached hydrogens (primary N) is 1. The van der Waals surface area contributed by atoms with Gasteiger partial charge in [-0.2, -0.15) is 4.98 Å². The van der Waals surface area contributed by atoms with Crippen molar-refractivity contribution in [3.63, 3.8) is 0 Å². The maximum Gasteiger partial charge on any atom is 0.223 e. The molecule has 158 valence electrons. The van der Waals surface area contributed by atoms with Gasteiger partial charge in [-0.05, 0) is 13.8 Å².